The van der Waals surface area contributed by atoms with Crippen molar-refractivity contribution in [3.63, 3.8) is 0 Å². The lowest BCUT2D eigenvalue weighted by Crippen LogP contribution is -2.29. The summed E-state index contributed by atoms with van der Waals surface area (Å²) in [5.74, 6) is 0.739. The molecule has 1 rings (SSSR count). The molecule has 0 aliphatic carbocycles. The Bertz CT molecular complexity index is 428. The molecule has 20 heavy (non-hydrogen) atoms. The van der Waals surface area contributed by atoms with Crippen molar-refractivity contribution >= 4 is 5.78 Å². The standard InChI is InChI=1S/C15H23NO4/c1-3-20-15-5-4-13(12(2)19)10-14(15)11-16(6-8-17)7-9-18/h4-5,10,17-18H,3,6-9,11H2,1-2H3. The van der Waals surface area contributed by atoms with Crippen LogP contribution in [0, 0.1) is 0 Å². The lowest BCUT2D eigenvalue weighted by atomic mass is 10.1. The lowest BCUT2D eigenvalue weighted by Gasteiger charge is -2.22. The first-order chi connectivity index (χ1) is 9.62. The monoisotopic (exact) mass is 281 g/mol. The average molecular weight is 281 g/mol. The number of hydrogen-bond acceptors (Lipinski definition) is 5. The Balaban J connectivity index is 2.97. The molecule has 0 fully saturated rings. The van der Waals surface area contributed by atoms with E-state index >= 15 is 0 Å². The number of aliphatic hydroxyl groups excluding tert-OH is 2. The van der Waals surface area contributed by atoms with Gasteiger partial charge in [-0.1, -0.05) is 0 Å². The van der Waals surface area contributed by atoms with E-state index in [0.29, 0.717) is 31.8 Å². The Morgan fingerprint density at radius 2 is 1.90 bits per heavy atom. The summed E-state index contributed by atoms with van der Waals surface area (Å²) in [6, 6.07) is 5.36. The Morgan fingerprint density at radius 3 is 2.40 bits per heavy atom. The maximum Gasteiger partial charge on any atom is 0.159 e. The third-order valence-electron chi connectivity index (χ3n) is 2.99. The van der Waals surface area contributed by atoms with Crippen LogP contribution in [0.3, 0.4) is 0 Å². The molecular weight excluding hydrogens is 258 g/mol. The molecule has 0 bridgehead atoms. The van der Waals surface area contributed by atoms with Crippen LogP contribution in [0.1, 0.15) is 29.8 Å². The predicted molar refractivity (Wildman–Crippen MR) is 77.1 cm³/mol. The van der Waals surface area contributed by atoms with Gasteiger partial charge in [0.15, 0.2) is 5.78 Å². The summed E-state index contributed by atoms with van der Waals surface area (Å²) < 4.78 is 5.57. The number of benzene rings is 1. The van der Waals surface area contributed by atoms with Crippen LogP contribution in [-0.2, 0) is 6.54 Å². The van der Waals surface area contributed by atoms with Gasteiger partial charge in [-0.2, -0.15) is 0 Å². The van der Waals surface area contributed by atoms with E-state index in [9.17, 15) is 4.79 Å². The molecule has 0 aliphatic heterocycles. The van der Waals surface area contributed by atoms with Crippen molar-refractivity contribution in [1.29, 1.82) is 0 Å². The molecule has 112 valence electrons. The van der Waals surface area contributed by atoms with Gasteiger partial charge in [0.1, 0.15) is 5.75 Å². The molecule has 0 heterocycles. The first kappa shape index (κ1) is 16.6. The normalized spacial score (nSPS) is 10.8. The minimum Gasteiger partial charge on any atom is -0.494 e. The number of hydrogen-bond donors (Lipinski definition) is 2. The summed E-state index contributed by atoms with van der Waals surface area (Å²) in [6.45, 7) is 5.49. The van der Waals surface area contributed by atoms with E-state index in [4.69, 9.17) is 14.9 Å². The second kappa shape index (κ2) is 8.68. The van der Waals surface area contributed by atoms with E-state index in [1.807, 2.05) is 17.9 Å². The van der Waals surface area contributed by atoms with Gasteiger partial charge >= 0.3 is 0 Å². The Labute approximate surface area is 119 Å². The van der Waals surface area contributed by atoms with Crippen molar-refractivity contribution < 1.29 is 19.7 Å². The summed E-state index contributed by atoms with van der Waals surface area (Å²) >= 11 is 0. The van der Waals surface area contributed by atoms with Crippen LogP contribution in [0.25, 0.3) is 0 Å². The van der Waals surface area contributed by atoms with E-state index in [-0.39, 0.29) is 19.0 Å². The van der Waals surface area contributed by atoms with Crippen molar-refractivity contribution in [2.45, 2.75) is 20.4 Å². The molecule has 0 aromatic heterocycles. The highest BCUT2D eigenvalue weighted by molar-refractivity contribution is 5.94. The lowest BCUT2D eigenvalue weighted by molar-refractivity contribution is 0.101. The molecule has 1 aromatic carbocycles. The fourth-order valence-electron chi connectivity index (χ4n) is 2.01. The highest BCUT2D eigenvalue weighted by Crippen LogP contribution is 2.22. The van der Waals surface area contributed by atoms with Crippen molar-refractivity contribution in [3.05, 3.63) is 29.3 Å². The number of carbonyl (C=O) groups excluding carboxylic acids is 1. The first-order valence-corrected chi connectivity index (χ1v) is 6.83. The number of Topliss-reactive ketones (excluding diaryl/α,β-unsaturated/α-hetero) is 1. The zero-order valence-corrected chi connectivity index (χ0v) is 12.1. The van der Waals surface area contributed by atoms with Gasteiger partial charge in [0.2, 0.25) is 0 Å². The average Bonchev–Trinajstić information content (AvgIpc) is 2.41. The number of ether oxygens (including phenoxy) is 1. The largest absolute Gasteiger partial charge is 0.494 e. The van der Waals surface area contributed by atoms with E-state index < -0.39 is 0 Å². The van der Waals surface area contributed by atoms with Gasteiger partial charge in [-0.05, 0) is 32.0 Å². The van der Waals surface area contributed by atoms with Gasteiger partial charge in [0.05, 0.1) is 19.8 Å². The van der Waals surface area contributed by atoms with Crippen LogP contribution in [0.5, 0.6) is 5.75 Å². The van der Waals surface area contributed by atoms with E-state index in [1.54, 1.807) is 12.1 Å². The van der Waals surface area contributed by atoms with Gasteiger partial charge < -0.3 is 14.9 Å². The van der Waals surface area contributed by atoms with Crippen LogP contribution >= 0.6 is 0 Å². The third-order valence-corrected chi connectivity index (χ3v) is 2.99. The molecule has 1 aromatic rings. The Morgan fingerprint density at radius 1 is 1.25 bits per heavy atom. The summed E-state index contributed by atoms with van der Waals surface area (Å²) in [6.07, 6.45) is 0. The third kappa shape index (κ3) is 4.92. The molecule has 0 saturated carbocycles. The van der Waals surface area contributed by atoms with Crippen LogP contribution < -0.4 is 4.74 Å². The number of nitrogens with zero attached hydrogens (tertiary/aromatic N) is 1. The minimum atomic E-state index is 0.00478. The second-order valence-corrected chi connectivity index (χ2v) is 4.54. The van der Waals surface area contributed by atoms with Gasteiger partial charge in [-0.3, -0.25) is 9.69 Å². The second-order valence-electron chi connectivity index (χ2n) is 4.54. The summed E-state index contributed by atoms with van der Waals surface area (Å²) in [5, 5.41) is 18.1. The van der Waals surface area contributed by atoms with Crippen molar-refractivity contribution in [3.8, 4) is 5.75 Å². The Hall–Kier alpha value is -1.43. The molecule has 0 atom stereocenters. The van der Waals surface area contributed by atoms with Gasteiger partial charge in [0, 0.05) is 30.8 Å². The number of rotatable bonds is 9. The summed E-state index contributed by atoms with van der Waals surface area (Å²) in [4.78, 5) is 13.4. The predicted octanol–water partition coefficient (Wildman–Crippen LogP) is 1.07. The minimum absolute atomic E-state index is 0.00478. The van der Waals surface area contributed by atoms with Crippen LogP contribution in [-0.4, -0.2) is 53.8 Å². The molecule has 0 aliphatic rings. The molecule has 2 N–H and O–H groups in total. The highest BCUT2D eigenvalue weighted by Gasteiger charge is 2.12. The topological polar surface area (TPSA) is 70.0 Å². The van der Waals surface area contributed by atoms with E-state index in [1.165, 1.54) is 6.92 Å². The Kier molecular flexibility index (Phi) is 7.22. The van der Waals surface area contributed by atoms with Crippen LogP contribution in [0.2, 0.25) is 0 Å². The van der Waals surface area contributed by atoms with Crippen molar-refractivity contribution in [2.24, 2.45) is 0 Å². The molecule has 0 saturated heterocycles. The fraction of sp³-hybridized carbons (Fsp3) is 0.533. The zero-order valence-electron chi connectivity index (χ0n) is 12.1. The van der Waals surface area contributed by atoms with Gasteiger partial charge in [-0.25, -0.2) is 0 Å². The van der Waals surface area contributed by atoms with Crippen molar-refractivity contribution in [1.82, 2.24) is 4.90 Å². The fourth-order valence-corrected chi connectivity index (χ4v) is 2.01. The molecule has 5 heteroatoms. The van der Waals surface area contributed by atoms with E-state index in [0.717, 1.165) is 11.3 Å². The number of ketones is 1. The van der Waals surface area contributed by atoms with Crippen LogP contribution in [0.15, 0.2) is 18.2 Å². The first-order valence-electron chi connectivity index (χ1n) is 6.83. The summed E-state index contributed by atoms with van der Waals surface area (Å²) in [7, 11) is 0. The van der Waals surface area contributed by atoms with Gasteiger partial charge in [-0.15, -0.1) is 0 Å². The molecule has 0 radical (unpaired) electrons. The SMILES string of the molecule is CCOc1ccc(C(C)=O)cc1CN(CCO)CCO. The molecular formula is C15H23NO4. The van der Waals surface area contributed by atoms with Gasteiger partial charge in [0.25, 0.3) is 0 Å². The maximum atomic E-state index is 11.5. The highest BCUT2D eigenvalue weighted by atomic mass is 16.5. The molecule has 0 spiro atoms. The molecule has 0 amide bonds. The quantitative estimate of drug-likeness (QED) is 0.663. The smallest absolute Gasteiger partial charge is 0.159 e. The van der Waals surface area contributed by atoms with E-state index in [2.05, 4.69) is 0 Å². The molecule has 5 nitrogen and oxygen atoms in total. The number of aliphatic hydroxyl groups is 2. The maximum absolute atomic E-state index is 11.5. The van der Waals surface area contributed by atoms with Crippen LogP contribution in [0.4, 0.5) is 0 Å². The number of carbonyl (C=O) groups is 1. The van der Waals surface area contributed by atoms with Crippen molar-refractivity contribution in [2.75, 3.05) is 32.9 Å². The zero-order chi connectivity index (χ0) is 15.0. The molecule has 0 unspecified atom stereocenters. The summed E-state index contributed by atoms with van der Waals surface area (Å²) in [5.41, 5.74) is 1.53.